The Morgan fingerprint density at radius 1 is 0.720 bits per heavy atom. The summed E-state index contributed by atoms with van der Waals surface area (Å²) < 4.78 is 22.4. The van der Waals surface area contributed by atoms with Gasteiger partial charge in [-0.2, -0.15) is 0 Å². The maximum absolute atomic E-state index is 5.66. The van der Waals surface area contributed by atoms with E-state index in [1.807, 2.05) is 50.2 Å². The molecular formula is C20H26BO4. The van der Waals surface area contributed by atoms with Crippen LogP contribution in [-0.4, -0.2) is 20.9 Å². The van der Waals surface area contributed by atoms with Crippen molar-refractivity contribution in [1.82, 2.24) is 0 Å². The van der Waals surface area contributed by atoms with Crippen molar-refractivity contribution in [3.8, 4) is 23.0 Å². The molecule has 0 aliphatic carbocycles. The highest BCUT2D eigenvalue weighted by atomic mass is 16.6. The predicted molar refractivity (Wildman–Crippen MR) is 101 cm³/mol. The van der Waals surface area contributed by atoms with Crippen LogP contribution in [0.15, 0.2) is 36.4 Å². The van der Waals surface area contributed by atoms with E-state index in [2.05, 4.69) is 13.8 Å². The van der Waals surface area contributed by atoms with Crippen molar-refractivity contribution in [2.75, 3.05) is 13.2 Å². The predicted octanol–water partition coefficient (Wildman–Crippen LogP) is 4.87. The van der Waals surface area contributed by atoms with E-state index in [1.54, 1.807) is 0 Å². The molecule has 0 N–H and O–H groups in total. The SMILES string of the molecule is CCCOc1ccc(O[B]Oc2ccc(OCCC)c(C)c2)cc1C. The summed E-state index contributed by atoms with van der Waals surface area (Å²) in [4.78, 5) is 0. The van der Waals surface area contributed by atoms with Gasteiger partial charge >= 0.3 is 7.69 Å². The maximum Gasteiger partial charge on any atom is 0.658 e. The molecule has 2 aromatic carbocycles. The largest absolute Gasteiger partial charge is 0.658 e. The van der Waals surface area contributed by atoms with E-state index in [0.29, 0.717) is 24.7 Å². The van der Waals surface area contributed by atoms with Gasteiger partial charge < -0.3 is 18.8 Å². The summed E-state index contributed by atoms with van der Waals surface area (Å²) >= 11 is 0. The van der Waals surface area contributed by atoms with Crippen molar-refractivity contribution in [2.45, 2.75) is 40.5 Å². The molecule has 0 unspecified atom stereocenters. The lowest BCUT2D eigenvalue weighted by molar-refractivity contribution is 0.314. The fourth-order valence-corrected chi connectivity index (χ4v) is 2.27. The first-order chi connectivity index (χ1) is 12.1. The van der Waals surface area contributed by atoms with Crippen molar-refractivity contribution < 1.29 is 18.8 Å². The zero-order chi connectivity index (χ0) is 18.1. The summed E-state index contributed by atoms with van der Waals surface area (Å²) in [5.41, 5.74) is 2.07. The van der Waals surface area contributed by atoms with Gasteiger partial charge in [-0.15, -0.1) is 0 Å². The molecule has 0 bridgehead atoms. The number of hydrogen-bond donors (Lipinski definition) is 0. The maximum atomic E-state index is 5.66. The van der Waals surface area contributed by atoms with Crippen LogP contribution in [0, 0.1) is 13.8 Å². The van der Waals surface area contributed by atoms with Crippen LogP contribution in [0.1, 0.15) is 37.8 Å². The van der Waals surface area contributed by atoms with E-state index in [4.69, 9.17) is 18.8 Å². The van der Waals surface area contributed by atoms with Gasteiger partial charge in [0.2, 0.25) is 0 Å². The molecule has 0 amide bonds. The zero-order valence-corrected chi connectivity index (χ0v) is 15.5. The van der Waals surface area contributed by atoms with Crippen LogP contribution < -0.4 is 18.8 Å². The lowest BCUT2D eigenvalue weighted by Gasteiger charge is -2.12. The molecule has 2 rings (SSSR count). The normalized spacial score (nSPS) is 10.2. The first-order valence-corrected chi connectivity index (χ1v) is 8.76. The molecule has 0 aliphatic heterocycles. The molecule has 0 aromatic heterocycles. The molecule has 0 heterocycles. The van der Waals surface area contributed by atoms with Gasteiger partial charge in [-0.05, 0) is 74.2 Å². The third-order valence-electron chi connectivity index (χ3n) is 3.58. The smallest absolute Gasteiger partial charge is 0.526 e. The van der Waals surface area contributed by atoms with Crippen LogP contribution in [0.25, 0.3) is 0 Å². The average molecular weight is 341 g/mol. The van der Waals surface area contributed by atoms with E-state index in [-0.39, 0.29) is 0 Å². The number of ether oxygens (including phenoxy) is 2. The van der Waals surface area contributed by atoms with Crippen molar-refractivity contribution in [2.24, 2.45) is 0 Å². The summed E-state index contributed by atoms with van der Waals surface area (Å²) in [6.07, 6.45) is 1.97. The fourth-order valence-electron chi connectivity index (χ4n) is 2.27. The lowest BCUT2D eigenvalue weighted by atomic mass is 10.2. The van der Waals surface area contributed by atoms with E-state index < -0.39 is 0 Å². The molecule has 0 saturated carbocycles. The summed E-state index contributed by atoms with van der Waals surface area (Å²) in [6, 6.07) is 11.4. The molecular weight excluding hydrogens is 315 g/mol. The average Bonchev–Trinajstić information content (AvgIpc) is 2.60. The van der Waals surface area contributed by atoms with Crippen LogP contribution in [-0.2, 0) is 0 Å². The quantitative estimate of drug-likeness (QED) is 0.578. The molecule has 5 heteroatoms. The molecule has 25 heavy (non-hydrogen) atoms. The third kappa shape index (κ3) is 5.93. The van der Waals surface area contributed by atoms with Crippen molar-refractivity contribution in [1.29, 1.82) is 0 Å². The molecule has 133 valence electrons. The number of benzene rings is 2. The van der Waals surface area contributed by atoms with E-state index in [1.165, 1.54) is 7.69 Å². The van der Waals surface area contributed by atoms with Crippen molar-refractivity contribution in [3.63, 3.8) is 0 Å². The Bertz CT molecular complexity index is 615. The standard InChI is InChI=1S/C20H26BO4/c1-5-11-22-19-9-7-17(13-15(19)3)24-21-25-18-8-10-20(16(4)14-18)23-12-6-2/h7-10,13-14H,5-6,11-12H2,1-4H3. The van der Waals surface area contributed by atoms with E-state index in [9.17, 15) is 0 Å². The van der Waals surface area contributed by atoms with Gasteiger partial charge in [-0.25, -0.2) is 0 Å². The number of rotatable bonds is 10. The van der Waals surface area contributed by atoms with Gasteiger partial charge in [0, 0.05) is 0 Å². The van der Waals surface area contributed by atoms with Crippen LogP contribution >= 0.6 is 0 Å². The first-order valence-electron chi connectivity index (χ1n) is 8.76. The minimum atomic E-state index is 0.709. The van der Waals surface area contributed by atoms with Gasteiger partial charge in [0.1, 0.15) is 23.0 Å². The van der Waals surface area contributed by atoms with Gasteiger partial charge in [0.05, 0.1) is 13.2 Å². The fraction of sp³-hybridized carbons (Fsp3) is 0.400. The minimum Gasteiger partial charge on any atom is -0.526 e. The Morgan fingerprint density at radius 3 is 1.52 bits per heavy atom. The van der Waals surface area contributed by atoms with Gasteiger partial charge in [-0.3, -0.25) is 0 Å². The summed E-state index contributed by atoms with van der Waals surface area (Å²) in [5, 5.41) is 0. The second kappa shape index (κ2) is 9.87. The Hall–Kier alpha value is -2.30. The molecule has 0 spiro atoms. The van der Waals surface area contributed by atoms with Gasteiger partial charge in [-0.1, -0.05) is 13.8 Å². The monoisotopic (exact) mass is 341 g/mol. The molecule has 1 radical (unpaired) electrons. The molecule has 0 atom stereocenters. The molecule has 2 aromatic rings. The van der Waals surface area contributed by atoms with E-state index >= 15 is 0 Å². The van der Waals surface area contributed by atoms with E-state index in [0.717, 1.165) is 35.5 Å². The zero-order valence-electron chi connectivity index (χ0n) is 15.5. The molecule has 4 nitrogen and oxygen atoms in total. The minimum absolute atomic E-state index is 0.709. The summed E-state index contributed by atoms with van der Waals surface area (Å²) in [7, 11) is 1.34. The van der Waals surface area contributed by atoms with Crippen molar-refractivity contribution in [3.05, 3.63) is 47.5 Å². The Morgan fingerprint density at radius 2 is 1.16 bits per heavy atom. The third-order valence-corrected chi connectivity index (χ3v) is 3.58. The Labute approximate surface area is 151 Å². The second-order valence-electron chi connectivity index (χ2n) is 5.88. The Balaban J connectivity index is 1.86. The highest BCUT2D eigenvalue weighted by Crippen LogP contribution is 2.25. The number of hydrogen-bond acceptors (Lipinski definition) is 4. The van der Waals surface area contributed by atoms with Crippen LogP contribution in [0.4, 0.5) is 0 Å². The van der Waals surface area contributed by atoms with Gasteiger partial charge in [0.25, 0.3) is 0 Å². The number of aryl methyl sites for hydroxylation is 2. The molecule has 0 saturated heterocycles. The highest BCUT2D eigenvalue weighted by Gasteiger charge is 2.07. The lowest BCUT2D eigenvalue weighted by Crippen LogP contribution is -2.11. The Kier molecular flexibility index (Phi) is 7.51. The highest BCUT2D eigenvalue weighted by molar-refractivity contribution is 6.20. The summed E-state index contributed by atoms with van der Waals surface area (Å²) in [5.74, 6) is 3.18. The summed E-state index contributed by atoms with van der Waals surface area (Å²) in [6.45, 7) is 9.60. The van der Waals surface area contributed by atoms with Crippen LogP contribution in [0.5, 0.6) is 23.0 Å². The van der Waals surface area contributed by atoms with Gasteiger partial charge in [0.15, 0.2) is 0 Å². The van der Waals surface area contributed by atoms with Crippen molar-refractivity contribution >= 4 is 7.69 Å². The van der Waals surface area contributed by atoms with Crippen LogP contribution in [0.3, 0.4) is 0 Å². The first kappa shape index (κ1) is 19.0. The van der Waals surface area contributed by atoms with Crippen LogP contribution in [0.2, 0.25) is 0 Å². The topological polar surface area (TPSA) is 36.9 Å². The molecule has 0 fully saturated rings. The molecule has 0 aliphatic rings. The second-order valence-corrected chi connectivity index (χ2v) is 5.88.